The Morgan fingerprint density at radius 3 is 2.82 bits per heavy atom. The van der Waals surface area contributed by atoms with Gasteiger partial charge in [0, 0.05) is 5.88 Å². The van der Waals surface area contributed by atoms with E-state index in [1.165, 1.54) is 11.3 Å². The highest BCUT2D eigenvalue weighted by Crippen LogP contribution is 2.29. The van der Waals surface area contributed by atoms with Crippen molar-refractivity contribution in [1.82, 2.24) is 4.98 Å². The molecular formula is C11H11Cl2NO2S. The zero-order chi connectivity index (χ0) is 12.4. The molecular weight excluding hydrogens is 281 g/mol. The number of hydrogen-bond acceptors (Lipinski definition) is 4. The zero-order valence-electron chi connectivity index (χ0n) is 8.81. The maximum atomic E-state index is 9.93. The van der Waals surface area contributed by atoms with Crippen LogP contribution in [0.15, 0.2) is 18.2 Å². The lowest BCUT2D eigenvalue weighted by Gasteiger charge is -2.16. The number of fused-ring (bicyclic) bond motifs is 1. The molecule has 2 rings (SSSR count). The topological polar surface area (TPSA) is 53.4 Å². The Kier molecular flexibility index (Phi) is 4.22. The molecule has 2 unspecified atom stereocenters. The van der Waals surface area contributed by atoms with Gasteiger partial charge in [0.1, 0.15) is 6.10 Å². The van der Waals surface area contributed by atoms with Crippen LogP contribution in [0.5, 0.6) is 0 Å². The first-order valence-electron chi connectivity index (χ1n) is 5.10. The predicted molar refractivity (Wildman–Crippen MR) is 70.9 cm³/mol. The number of aliphatic hydroxyl groups is 2. The van der Waals surface area contributed by atoms with E-state index >= 15 is 0 Å². The first kappa shape index (κ1) is 13.1. The number of benzene rings is 1. The monoisotopic (exact) mass is 291 g/mol. The molecule has 2 aromatic rings. The van der Waals surface area contributed by atoms with Gasteiger partial charge >= 0.3 is 0 Å². The number of alkyl halides is 1. The van der Waals surface area contributed by atoms with E-state index in [4.69, 9.17) is 23.2 Å². The van der Waals surface area contributed by atoms with Crippen molar-refractivity contribution in [2.45, 2.75) is 18.6 Å². The van der Waals surface area contributed by atoms with Crippen LogP contribution >= 0.6 is 34.5 Å². The fourth-order valence-corrected chi connectivity index (χ4v) is 2.89. The molecule has 1 heterocycles. The standard InChI is InChI=1S/C11H11Cl2NO2S/c12-4-3-8(15)10(16)6-1-2-7-9(5-6)17-11(13)14-7/h1-2,5,8,10,15-16H,3-4H2. The number of aliphatic hydroxyl groups excluding tert-OH is 2. The van der Waals surface area contributed by atoms with Crippen LogP contribution in [0.1, 0.15) is 18.1 Å². The minimum absolute atomic E-state index is 0.312. The third-order valence-corrected chi connectivity index (χ3v) is 3.84. The summed E-state index contributed by atoms with van der Waals surface area (Å²) in [7, 11) is 0. The average Bonchev–Trinajstić information content (AvgIpc) is 2.67. The van der Waals surface area contributed by atoms with Crippen LogP contribution in [0.25, 0.3) is 10.2 Å². The van der Waals surface area contributed by atoms with Crippen molar-refractivity contribution in [3.63, 3.8) is 0 Å². The fraction of sp³-hybridized carbons (Fsp3) is 0.364. The van der Waals surface area contributed by atoms with Crippen LogP contribution < -0.4 is 0 Å². The van der Waals surface area contributed by atoms with Gasteiger partial charge in [0.05, 0.1) is 16.3 Å². The normalized spacial score (nSPS) is 15.1. The van der Waals surface area contributed by atoms with Gasteiger partial charge in [-0.1, -0.05) is 17.7 Å². The molecule has 0 radical (unpaired) electrons. The first-order chi connectivity index (χ1) is 8.11. The molecule has 2 atom stereocenters. The zero-order valence-corrected chi connectivity index (χ0v) is 11.1. The molecule has 1 aromatic carbocycles. The second-order valence-corrected chi connectivity index (χ2v) is 5.67. The average molecular weight is 292 g/mol. The van der Waals surface area contributed by atoms with E-state index in [1.54, 1.807) is 18.2 Å². The van der Waals surface area contributed by atoms with E-state index in [-0.39, 0.29) is 0 Å². The van der Waals surface area contributed by atoms with Crippen LogP contribution in [0.3, 0.4) is 0 Å². The molecule has 0 spiro atoms. The molecule has 6 heteroatoms. The summed E-state index contributed by atoms with van der Waals surface area (Å²) >= 11 is 12.7. The second-order valence-electron chi connectivity index (χ2n) is 3.68. The molecule has 0 aliphatic rings. The van der Waals surface area contributed by atoms with Crippen molar-refractivity contribution in [1.29, 1.82) is 0 Å². The summed E-state index contributed by atoms with van der Waals surface area (Å²) in [6.07, 6.45) is -1.43. The van der Waals surface area contributed by atoms with Crippen molar-refractivity contribution in [2.24, 2.45) is 0 Å². The highest BCUT2D eigenvalue weighted by Gasteiger charge is 2.18. The fourth-order valence-electron chi connectivity index (χ4n) is 1.59. The Labute approximate surface area is 113 Å². The van der Waals surface area contributed by atoms with Gasteiger partial charge in [-0.15, -0.1) is 22.9 Å². The van der Waals surface area contributed by atoms with Gasteiger partial charge in [0.15, 0.2) is 4.47 Å². The molecule has 0 bridgehead atoms. The third kappa shape index (κ3) is 2.89. The lowest BCUT2D eigenvalue weighted by molar-refractivity contribution is 0.0171. The highest BCUT2D eigenvalue weighted by atomic mass is 35.5. The van der Waals surface area contributed by atoms with E-state index in [9.17, 15) is 10.2 Å². The van der Waals surface area contributed by atoms with Crippen molar-refractivity contribution >= 4 is 44.8 Å². The quantitative estimate of drug-likeness (QED) is 0.852. The molecule has 17 heavy (non-hydrogen) atoms. The van der Waals surface area contributed by atoms with E-state index < -0.39 is 12.2 Å². The highest BCUT2D eigenvalue weighted by molar-refractivity contribution is 7.22. The van der Waals surface area contributed by atoms with E-state index in [1.807, 2.05) is 0 Å². The summed E-state index contributed by atoms with van der Waals surface area (Å²) in [6, 6.07) is 5.31. The minimum Gasteiger partial charge on any atom is -0.390 e. The molecule has 0 amide bonds. The van der Waals surface area contributed by atoms with Gasteiger partial charge in [-0.2, -0.15) is 0 Å². The lowest BCUT2D eigenvalue weighted by Crippen LogP contribution is -2.18. The molecule has 0 saturated carbocycles. The van der Waals surface area contributed by atoms with E-state index in [2.05, 4.69) is 4.98 Å². The van der Waals surface area contributed by atoms with E-state index in [0.717, 1.165) is 10.2 Å². The molecule has 0 aliphatic carbocycles. The van der Waals surface area contributed by atoms with Gasteiger partial charge in [0.2, 0.25) is 0 Å². The summed E-state index contributed by atoms with van der Waals surface area (Å²) in [5.74, 6) is 0.312. The maximum Gasteiger partial charge on any atom is 0.184 e. The number of halogens is 2. The Bertz CT molecular complexity index is 517. The molecule has 3 nitrogen and oxygen atoms in total. The molecule has 1 aromatic heterocycles. The maximum absolute atomic E-state index is 9.93. The number of hydrogen-bond donors (Lipinski definition) is 2. The summed E-state index contributed by atoms with van der Waals surface area (Å²) < 4.78 is 1.36. The van der Waals surface area contributed by atoms with Crippen molar-refractivity contribution in [3.05, 3.63) is 28.2 Å². The Balaban J connectivity index is 2.28. The van der Waals surface area contributed by atoms with Gasteiger partial charge < -0.3 is 10.2 Å². The number of nitrogens with zero attached hydrogens (tertiary/aromatic N) is 1. The summed E-state index contributed by atoms with van der Waals surface area (Å²) in [5.41, 5.74) is 1.44. The molecule has 92 valence electrons. The van der Waals surface area contributed by atoms with Gasteiger partial charge in [-0.3, -0.25) is 0 Å². The van der Waals surface area contributed by atoms with Crippen molar-refractivity contribution in [2.75, 3.05) is 5.88 Å². The number of rotatable bonds is 4. The predicted octanol–water partition coefficient (Wildman–Crippen LogP) is 2.97. The molecule has 0 aliphatic heterocycles. The minimum atomic E-state index is -0.931. The smallest absolute Gasteiger partial charge is 0.184 e. The Morgan fingerprint density at radius 2 is 2.12 bits per heavy atom. The number of thiazole rings is 1. The first-order valence-corrected chi connectivity index (χ1v) is 6.83. The summed E-state index contributed by atoms with van der Waals surface area (Å²) in [4.78, 5) is 4.11. The van der Waals surface area contributed by atoms with Crippen LogP contribution in [0.4, 0.5) is 0 Å². The molecule has 0 saturated heterocycles. The third-order valence-electron chi connectivity index (χ3n) is 2.50. The van der Waals surface area contributed by atoms with Crippen molar-refractivity contribution in [3.8, 4) is 0 Å². The van der Waals surface area contributed by atoms with Crippen LogP contribution in [-0.4, -0.2) is 27.2 Å². The van der Waals surface area contributed by atoms with Crippen LogP contribution in [0, 0.1) is 0 Å². The Hall–Kier alpha value is -0.390. The SMILES string of the molecule is OC(CCCl)C(O)c1ccc2nc(Cl)sc2c1. The second kappa shape index (κ2) is 5.50. The summed E-state index contributed by atoms with van der Waals surface area (Å²) in [5, 5.41) is 19.6. The number of aromatic nitrogens is 1. The molecule has 0 fully saturated rings. The van der Waals surface area contributed by atoms with Crippen LogP contribution in [-0.2, 0) is 0 Å². The molecule has 2 N–H and O–H groups in total. The largest absolute Gasteiger partial charge is 0.390 e. The van der Waals surface area contributed by atoms with Crippen LogP contribution in [0.2, 0.25) is 4.47 Å². The van der Waals surface area contributed by atoms with E-state index in [0.29, 0.717) is 22.3 Å². The van der Waals surface area contributed by atoms with Gasteiger partial charge in [-0.25, -0.2) is 4.98 Å². The Morgan fingerprint density at radius 1 is 1.35 bits per heavy atom. The van der Waals surface area contributed by atoms with Crippen molar-refractivity contribution < 1.29 is 10.2 Å². The lowest BCUT2D eigenvalue weighted by atomic mass is 10.0. The van der Waals surface area contributed by atoms with Gasteiger partial charge in [0.25, 0.3) is 0 Å². The summed E-state index contributed by atoms with van der Waals surface area (Å²) in [6.45, 7) is 0. The van der Waals surface area contributed by atoms with Gasteiger partial charge in [-0.05, 0) is 24.1 Å².